The third-order valence-electron chi connectivity index (χ3n) is 2.94. The standard InChI is InChI=1S/C16H35NO4/c1-3-18-13-15-20-11-7-5-9-17-10-6-8-12-21-16-14-19-4-2/h17H,3-16H2,1-2H3. The summed E-state index contributed by atoms with van der Waals surface area (Å²) < 4.78 is 21.3. The van der Waals surface area contributed by atoms with Crippen LogP contribution in [-0.2, 0) is 18.9 Å². The molecule has 0 aliphatic rings. The largest absolute Gasteiger partial charge is 0.379 e. The highest BCUT2D eigenvalue weighted by Gasteiger charge is 1.93. The second-order valence-electron chi connectivity index (χ2n) is 4.78. The quantitative estimate of drug-likeness (QED) is 0.394. The van der Waals surface area contributed by atoms with Crippen LogP contribution in [-0.4, -0.2) is 65.9 Å². The van der Waals surface area contributed by atoms with Crippen LogP contribution in [0.2, 0.25) is 0 Å². The van der Waals surface area contributed by atoms with E-state index in [9.17, 15) is 0 Å². The van der Waals surface area contributed by atoms with Crippen LogP contribution in [0.1, 0.15) is 39.5 Å². The van der Waals surface area contributed by atoms with E-state index in [4.69, 9.17) is 18.9 Å². The van der Waals surface area contributed by atoms with Crippen molar-refractivity contribution in [3.05, 3.63) is 0 Å². The first-order valence-electron chi connectivity index (χ1n) is 8.43. The van der Waals surface area contributed by atoms with Crippen molar-refractivity contribution in [2.45, 2.75) is 39.5 Å². The first-order chi connectivity index (χ1) is 10.4. The highest BCUT2D eigenvalue weighted by Crippen LogP contribution is 1.92. The van der Waals surface area contributed by atoms with E-state index in [0.29, 0.717) is 26.4 Å². The van der Waals surface area contributed by atoms with E-state index in [1.54, 1.807) is 0 Å². The van der Waals surface area contributed by atoms with Crippen LogP contribution in [0.25, 0.3) is 0 Å². The Morgan fingerprint density at radius 1 is 0.524 bits per heavy atom. The van der Waals surface area contributed by atoms with Gasteiger partial charge in [-0.05, 0) is 52.6 Å². The highest BCUT2D eigenvalue weighted by molar-refractivity contribution is 4.49. The molecule has 0 aromatic rings. The maximum absolute atomic E-state index is 5.46. The fourth-order valence-electron chi connectivity index (χ4n) is 1.76. The van der Waals surface area contributed by atoms with Crippen LogP contribution < -0.4 is 5.32 Å². The Balaban J connectivity index is 2.90. The lowest BCUT2D eigenvalue weighted by Gasteiger charge is -2.07. The molecule has 0 aromatic heterocycles. The van der Waals surface area contributed by atoms with Crippen molar-refractivity contribution in [3.63, 3.8) is 0 Å². The topological polar surface area (TPSA) is 49.0 Å². The van der Waals surface area contributed by atoms with E-state index < -0.39 is 0 Å². The molecule has 0 saturated carbocycles. The summed E-state index contributed by atoms with van der Waals surface area (Å²) in [6.45, 7) is 12.2. The zero-order valence-electron chi connectivity index (χ0n) is 14.0. The minimum atomic E-state index is 0.710. The van der Waals surface area contributed by atoms with Crippen molar-refractivity contribution in [1.29, 1.82) is 0 Å². The molecule has 0 amide bonds. The van der Waals surface area contributed by atoms with Crippen molar-refractivity contribution in [3.8, 4) is 0 Å². The maximum atomic E-state index is 5.46. The summed E-state index contributed by atoms with van der Waals surface area (Å²) in [6, 6.07) is 0. The third kappa shape index (κ3) is 19.8. The van der Waals surface area contributed by atoms with Gasteiger partial charge in [0.25, 0.3) is 0 Å². The van der Waals surface area contributed by atoms with Gasteiger partial charge in [-0.25, -0.2) is 0 Å². The van der Waals surface area contributed by atoms with Crippen LogP contribution in [0.3, 0.4) is 0 Å². The second kappa shape index (κ2) is 19.8. The molecule has 0 aliphatic heterocycles. The molecule has 5 nitrogen and oxygen atoms in total. The summed E-state index contributed by atoms with van der Waals surface area (Å²) in [5, 5.41) is 3.45. The molecule has 0 aromatic carbocycles. The zero-order valence-corrected chi connectivity index (χ0v) is 14.0. The number of ether oxygens (including phenoxy) is 4. The van der Waals surface area contributed by atoms with Crippen LogP contribution in [0.5, 0.6) is 0 Å². The van der Waals surface area contributed by atoms with E-state index >= 15 is 0 Å². The molecule has 1 N–H and O–H groups in total. The molecule has 0 bridgehead atoms. The van der Waals surface area contributed by atoms with Gasteiger partial charge in [-0.15, -0.1) is 0 Å². The average molecular weight is 305 g/mol. The lowest BCUT2D eigenvalue weighted by molar-refractivity contribution is 0.0510. The van der Waals surface area contributed by atoms with E-state index in [0.717, 1.165) is 52.4 Å². The summed E-state index contributed by atoms with van der Waals surface area (Å²) in [4.78, 5) is 0. The number of hydrogen-bond donors (Lipinski definition) is 1. The maximum Gasteiger partial charge on any atom is 0.0700 e. The molecule has 0 rings (SSSR count). The molecule has 0 radical (unpaired) electrons. The molecule has 0 spiro atoms. The van der Waals surface area contributed by atoms with E-state index in [2.05, 4.69) is 5.32 Å². The SMILES string of the molecule is CCOCCOCCCCNCCCCOCCOCC. The summed E-state index contributed by atoms with van der Waals surface area (Å²) in [5.74, 6) is 0. The van der Waals surface area contributed by atoms with Gasteiger partial charge in [0.15, 0.2) is 0 Å². The molecule has 0 atom stereocenters. The van der Waals surface area contributed by atoms with Gasteiger partial charge < -0.3 is 24.3 Å². The highest BCUT2D eigenvalue weighted by atomic mass is 16.5. The van der Waals surface area contributed by atoms with Gasteiger partial charge in [-0.2, -0.15) is 0 Å². The molecular formula is C16H35NO4. The van der Waals surface area contributed by atoms with Gasteiger partial charge in [0.05, 0.1) is 26.4 Å². The molecular weight excluding hydrogens is 270 g/mol. The van der Waals surface area contributed by atoms with Gasteiger partial charge in [-0.3, -0.25) is 0 Å². The Morgan fingerprint density at radius 3 is 1.38 bits per heavy atom. The van der Waals surface area contributed by atoms with Crippen LogP contribution in [0.15, 0.2) is 0 Å². The summed E-state index contributed by atoms with van der Waals surface area (Å²) in [6.07, 6.45) is 4.55. The lowest BCUT2D eigenvalue weighted by Crippen LogP contribution is -2.18. The van der Waals surface area contributed by atoms with Crippen molar-refractivity contribution in [1.82, 2.24) is 5.32 Å². The van der Waals surface area contributed by atoms with Crippen LogP contribution in [0, 0.1) is 0 Å². The smallest absolute Gasteiger partial charge is 0.0700 e. The minimum absolute atomic E-state index is 0.710. The van der Waals surface area contributed by atoms with E-state index in [-0.39, 0.29) is 0 Å². The second-order valence-corrected chi connectivity index (χ2v) is 4.78. The van der Waals surface area contributed by atoms with Crippen molar-refractivity contribution in [2.24, 2.45) is 0 Å². The third-order valence-corrected chi connectivity index (χ3v) is 2.94. The molecule has 5 heteroatoms. The normalized spacial score (nSPS) is 11.1. The van der Waals surface area contributed by atoms with Crippen molar-refractivity contribution >= 4 is 0 Å². The Kier molecular flexibility index (Phi) is 19.6. The van der Waals surface area contributed by atoms with Gasteiger partial charge >= 0.3 is 0 Å². The monoisotopic (exact) mass is 305 g/mol. The molecule has 128 valence electrons. The first-order valence-corrected chi connectivity index (χ1v) is 8.43. The molecule has 0 aliphatic carbocycles. The van der Waals surface area contributed by atoms with Crippen LogP contribution in [0.4, 0.5) is 0 Å². The number of hydrogen-bond acceptors (Lipinski definition) is 5. The van der Waals surface area contributed by atoms with Gasteiger partial charge in [0, 0.05) is 26.4 Å². The zero-order chi connectivity index (χ0) is 15.4. The molecule has 0 unspecified atom stereocenters. The summed E-state index contributed by atoms with van der Waals surface area (Å²) >= 11 is 0. The Hall–Kier alpha value is -0.200. The van der Waals surface area contributed by atoms with Gasteiger partial charge in [-0.1, -0.05) is 0 Å². The summed E-state index contributed by atoms with van der Waals surface area (Å²) in [7, 11) is 0. The average Bonchev–Trinajstić information content (AvgIpc) is 2.50. The van der Waals surface area contributed by atoms with Gasteiger partial charge in [0.1, 0.15) is 0 Å². The first kappa shape index (κ1) is 20.8. The van der Waals surface area contributed by atoms with E-state index in [1.165, 1.54) is 12.8 Å². The Morgan fingerprint density at radius 2 is 0.952 bits per heavy atom. The fourth-order valence-corrected chi connectivity index (χ4v) is 1.76. The predicted molar refractivity (Wildman–Crippen MR) is 86.0 cm³/mol. The predicted octanol–water partition coefficient (Wildman–Crippen LogP) is 2.24. The fraction of sp³-hybridized carbons (Fsp3) is 1.00. The van der Waals surface area contributed by atoms with Crippen molar-refractivity contribution in [2.75, 3.05) is 65.9 Å². The Bertz CT molecular complexity index is 164. The van der Waals surface area contributed by atoms with Gasteiger partial charge in [0.2, 0.25) is 0 Å². The number of unbranched alkanes of at least 4 members (excludes halogenated alkanes) is 2. The van der Waals surface area contributed by atoms with Crippen molar-refractivity contribution < 1.29 is 18.9 Å². The molecule has 0 heterocycles. The molecule has 0 saturated heterocycles. The lowest BCUT2D eigenvalue weighted by atomic mass is 10.3. The number of nitrogens with one attached hydrogen (secondary N) is 1. The van der Waals surface area contributed by atoms with Crippen LogP contribution >= 0.6 is 0 Å². The molecule has 0 fully saturated rings. The summed E-state index contributed by atoms with van der Waals surface area (Å²) in [5.41, 5.74) is 0. The minimum Gasteiger partial charge on any atom is -0.379 e. The number of rotatable bonds is 18. The molecule has 21 heavy (non-hydrogen) atoms. The Labute approximate surface area is 130 Å². The van der Waals surface area contributed by atoms with E-state index in [1.807, 2.05) is 13.8 Å².